The van der Waals surface area contributed by atoms with Crippen molar-refractivity contribution in [3.8, 4) is 0 Å². The molecule has 2 aromatic heterocycles. The van der Waals surface area contributed by atoms with Gasteiger partial charge in [-0.25, -0.2) is 9.97 Å². The van der Waals surface area contributed by atoms with Crippen molar-refractivity contribution < 1.29 is 22.0 Å². The van der Waals surface area contributed by atoms with Crippen LogP contribution >= 0.6 is 0 Å². The Morgan fingerprint density at radius 1 is 1.20 bits per heavy atom. The van der Waals surface area contributed by atoms with Crippen molar-refractivity contribution in [3.63, 3.8) is 0 Å². The first-order valence-electron chi connectivity index (χ1n) is 5.45. The third-order valence-electron chi connectivity index (χ3n) is 2.48. The van der Waals surface area contributed by atoms with Gasteiger partial charge < -0.3 is 5.32 Å². The highest BCUT2D eigenvalue weighted by Crippen LogP contribution is 2.28. The molecule has 2 aromatic rings. The number of nitrogens with one attached hydrogen (secondary N) is 1. The maximum atomic E-state index is 12.5. The molecule has 0 saturated heterocycles. The first-order valence-corrected chi connectivity index (χ1v) is 5.45. The van der Waals surface area contributed by atoms with Gasteiger partial charge in [0.25, 0.3) is 0 Å². The number of anilines is 1. The summed E-state index contributed by atoms with van der Waals surface area (Å²) in [5, 5.41) is 2.63. The van der Waals surface area contributed by atoms with Crippen LogP contribution in [-0.4, -0.2) is 14.5 Å². The highest BCUT2D eigenvalue weighted by molar-refractivity contribution is 5.36. The van der Waals surface area contributed by atoms with E-state index in [4.69, 9.17) is 0 Å². The van der Waals surface area contributed by atoms with E-state index >= 15 is 0 Å². The molecule has 0 aliphatic rings. The van der Waals surface area contributed by atoms with E-state index in [0.29, 0.717) is 10.8 Å². The van der Waals surface area contributed by atoms with Crippen LogP contribution in [0.2, 0.25) is 0 Å². The molecule has 108 valence electrons. The number of imidazole rings is 1. The minimum atomic E-state index is -4.46. The third kappa shape index (κ3) is 3.22. The highest BCUT2D eigenvalue weighted by Gasteiger charge is 2.30. The van der Waals surface area contributed by atoms with Crippen LogP contribution in [0.3, 0.4) is 0 Å². The van der Waals surface area contributed by atoms with Gasteiger partial charge in [-0.15, -0.1) is 0 Å². The number of pyridine rings is 1. The van der Waals surface area contributed by atoms with Crippen LogP contribution in [0.15, 0.2) is 30.7 Å². The van der Waals surface area contributed by atoms with Crippen molar-refractivity contribution in [2.75, 3.05) is 5.32 Å². The number of alkyl halides is 5. The Labute approximate surface area is 110 Å². The zero-order chi connectivity index (χ0) is 14.8. The molecule has 0 aliphatic carbocycles. The molecule has 0 amide bonds. The van der Waals surface area contributed by atoms with Gasteiger partial charge >= 0.3 is 12.7 Å². The van der Waals surface area contributed by atoms with Crippen LogP contribution < -0.4 is 5.32 Å². The summed E-state index contributed by atoms with van der Waals surface area (Å²) in [6.07, 6.45) is -1.47. The lowest BCUT2D eigenvalue weighted by molar-refractivity contribution is -0.137. The summed E-state index contributed by atoms with van der Waals surface area (Å²) in [7, 11) is 0. The van der Waals surface area contributed by atoms with Gasteiger partial charge in [0.15, 0.2) is 0 Å². The summed E-state index contributed by atoms with van der Waals surface area (Å²) in [6, 6.07) is 1.98. The number of hydrogen-bond acceptors (Lipinski definition) is 3. The van der Waals surface area contributed by atoms with Crippen LogP contribution in [0.25, 0.3) is 0 Å². The Kier molecular flexibility index (Phi) is 3.86. The number of hydrogen-bond donors (Lipinski definition) is 1. The van der Waals surface area contributed by atoms with Crippen molar-refractivity contribution >= 4 is 5.82 Å². The van der Waals surface area contributed by atoms with E-state index in [1.54, 1.807) is 0 Å². The second-order valence-electron chi connectivity index (χ2n) is 3.81. The van der Waals surface area contributed by atoms with E-state index in [2.05, 4.69) is 15.3 Å². The fourth-order valence-corrected chi connectivity index (χ4v) is 1.49. The van der Waals surface area contributed by atoms with Crippen molar-refractivity contribution in [2.45, 2.75) is 19.3 Å². The number of rotatable bonds is 4. The number of nitrogens with zero attached hydrogens (tertiary/aromatic N) is 3. The second-order valence-corrected chi connectivity index (χ2v) is 3.81. The Bertz CT molecular complexity index is 561. The highest BCUT2D eigenvalue weighted by atomic mass is 19.4. The fourth-order valence-electron chi connectivity index (χ4n) is 1.49. The van der Waals surface area contributed by atoms with Gasteiger partial charge in [0.05, 0.1) is 12.1 Å². The van der Waals surface area contributed by atoms with Crippen LogP contribution in [-0.2, 0) is 12.7 Å². The molecule has 2 rings (SSSR count). The molecule has 0 fully saturated rings. The molecule has 9 heteroatoms. The van der Waals surface area contributed by atoms with Crippen molar-refractivity contribution in [1.82, 2.24) is 14.5 Å². The summed E-state index contributed by atoms with van der Waals surface area (Å²) in [4.78, 5) is 7.29. The van der Waals surface area contributed by atoms with E-state index in [1.807, 2.05) is 0 Å². The number of halogens is 5. The fraction of sp³-hybridized carbons (Fsp3) is 0.273. The lowest BCUT2D eigenvalue weighted by Gasteiger charge is -2.09. The zero-order valence-electron chi connectivity index (χ0n) is 9.90. The monoisotopic (exact) mass is 292 g/mol. The summed E-state index contributed by atoms with van der Waals surface area (Å²) in [6.45, 7) is -2.80. The van der Waals surface area contributed by atoms with Crippen molar-refractivity contribution in [3.05, 3.63) is 42.1 Å². The standard InChI is InChI=1S/C11H9F5N4/c12-10(13)20-4-3-17-9(20)6-19-8-2-1-7(5-18-8)11(14,15)16/h1-5,10H,6H2,(H,18,19). The van der Waals surface area contributed by atoms with Crippen LogP contribution in [0.1, 0.15) is 17.9 Å². The molecular weight excluding hydrogens is 283 g/mol. The lowest BCUT2D eigenvalue weighted by Crippen LogP contribution is -2.10. The van der Waals surface area contributed by atoms with Crippen LogP contribution in [0, 0.1) is 0 Å². The topological polar surface area (TPSA) is 42.7 Å². The first kappa shape index (κ1) is 14.2. The molecule has 0 aromatic carbocycles. The third-order valence-corrected chi connectivity index (χ3v) is 2.48. The predicted molar refractivity (Wildman–Crippen MR) is 60.0 cm³/mol. The molecule has 2 heterocycles. The summed E-state index contributed by atoms with van der Waals surface area (Å²) >= 11 is 0. The smallest absolute Gasteiger partial charge is 0.363 e. The maximum Gasteiger partial charge on any atom is 0.417 e. The average molecular weight is 292 g/mol. The van der Waals surface area contributed by atoms with E-state index < -0.39 is 18.3 Å². The van der Waals surface area contributed by atoms with Crippen molar-refractivity contribution in [1.29, 1.82) is 0 Å². The van der Waals surface area contributed by atoms with Gasteiger partial charge in [0.1, 0.15) is 11.6 Å². The SMILES string of the molecule is FC(F)n1ccnc1CNc1ccc(C(F)(F)F)cn1. The average Bonchev–Trinajstić information content (AvgIpc) is 2.84. The minimum Gasteiger partial charge on any atom is -0.363 e. The number of aromatic nitrogens is 3. The predicted octanol–water partition coefficient (Wildman–Crippen LogP) is 3.30. The van der Waals surface area contributed by atoms with E-state index in [-0.39, 0.29) is 18.2 Å². The summed E-state index contributed by atoms with van der Waals surface area (Å²) < 4.78 is 62.6. The van der Waals surface area contributed by atoms with Crippen LogP contribution in [0.5, 0.6) is 0 Å². The summed E-state index contributed by atoms with van der Waals surface area (Å²) in [5.74, 6) is 0.198. The normalized spacial score (nSPS) is 11.9. The first-order chi connectivity index (χ1) is 9.38. The van der Waals surface area contributed by atoms with Gasteiger partial charge in [-0.05, 0) is 12.1 Å². The van der Waals surface area contributed by atoms with Gasteiger partial charge in [-0.2, -0.15) is 22.0 Å². The Morgan fingerprint density at radius 2 is 1.95 bits per heavy atom. The Balaban J connectivity index is 2.02. The Morgan fingerprint density at radius 3 is 2.50 bits per heavy atom. The molecule has 0 aliphatic heterocycles. The zero-order valence-corrected chi connectivity index (χ0v) is 9.90. The molecule has 0 saturated carbocycles. The molecule has 0 atom stereocenters. The van der Waals surface area contributed by atoms with Gasteiger partial charge in [-0.1, -0.05) is 0 Å². The largest absolute Gasteiger partial charge is 0.417 e. The molecule has 20 heavy (non-hydrogen) atoms. The van der Waals surface area contributed by atoms with Crippen molar-refractivity contribution in [2.24, 2.45) is 0 Å². The summed E-state index contributed by atoms with van der Waals surface area (Å²) in [5.41, 5.74) is -0.878. The molecule has 1 N–H and O–H groups in total. The second kappa shape index (κ2) is 5.43. The molecular formula is C11H9F5N4. The molecule has 0 radical (unpaired) electrons. The molecule has 0 unspecified atom stereocenters. The Hall–Kier alpha value is -2.19. The molecule has 0 bridgehead atoms. The quantitative estimate of drug-likeness (QED) is 0.879. The van der Waals surface area contributed by atoms with Gasteiger partial charge in [0.2, 0.25) is 0 Å². The lowest BCUT2D eigenvalue weighted by atomic mass is 10.3. The molecule has 4 nitrogen and oxygen atoms in total. The minimum absolute atomic E-state index is 0.0571. The van der Waals surface area contributed by atoms with Gasteiger partial charge in [0, 0.05) is 18.6 Å². The van der Waals surface area contributed by atoms with E-state index in [0.717, 1.165) is 18.3 Å². The van der Waals surface area contributed by atoms with Crippen LogP contribution in [0.4, 0.5) is 27.8 Å². The van der Waals surface area contributed by atoms with E-state index in [9.17, 15) is 22.0 Å². The molecule has 0 spiro atoms. The maximum absolute atomic E-state index is 12.5. The van der Waals surface area contributed by atoms with E-state index in [1.165, 1.54) is 6.20 Å². The van der Waals surface area contributed by atoms with Gasteiger partial charge in [-0.3, -0.25) is 4.57 Å².